The van der Waals surface area contributed by atoms with E-state index in [2.05, 4.69) is 9.71 Å². The Kier molecular flexibility index (Phi) is 4.59. The standard InChI is InChI=1S/C16H20N2O3S/c19-22(20,14-5-2-1-3-6-14)18-12-13-8-9-17-15(11-13)16-7-4-10-21-16/h4,7-11,14,18H,1-3,5-6,12H2. The van der Waals surface area contributed by atoms with Crippen molar-refractivity contribution < 1.29 is 12.8 Å². The van der Waals surface area contributed by atoms with Crippen LogP contribution in [0.1, 0.15) is 37.7 Å². The van der Waals surface area contributed by atoms with Gasteiger partial charge in [-0.3, -0.25) is 4.98 Å². The van der Waals surface area contributed by atoms with Crippen LogP contribution in [-0.4, -0.2) is 18.7 Å². The lowest BCUT2D eigenvalue weighted by atomic mass is 10.0. The van der Waals surface area contributed by atoms with E-state index in [9.17, 15) is 8.42 Å². The maximum absolute atomic E-state index is 12.3. The molecule has 1 fully saturated rings. The second-order valence-corrected chi connectivity index (χ2v) is 7.70. The fraction of sp³-hybridized carbons (Fsp3) is 0.438. The van der Waals surface area contributed by atoms with Gasteiger partial charge >= 0.3 is 0 Å². The smallest absolute Gasteiger partial charge is 0.214 e. The van der Waals surface area contributed by atoms with Gasteiger partial charge < -0.3 is 4.42 Å². The third kappa shape index (κ3) is 3.56. The van der Waals surface area contributed by atoms with Crippen LogP contribution in [0.2, 0.25) is 0 Å². The summed E-state index contributed by atoms with van der Waals surface area (Å²) in [6.07, 6.45) is 7.94. The average Bonchev–Trinajstić information content (AvgIpc) is 3.09. The molecule has 0 atom stereocenters. The first-order valence-electron chi connectivity index (χ1n) is 7.62. The molecule has 0 amide bonds. The third-order valence-electron chi connectivity index (χ3n) is 4.07. The summed E-state index contributed by atoms with van der Waals surface area (Å²) in [7, 11) is -3.24. The Morgan fingerprint density at radius 2 is 2.05 bits per heavy atom. The topological polar surface area (TPSA) is 72.2 Å². The van der Waals surface area contributed by atoms with E-state index in [0.717, 1.165) is 37.7 Å². The summed E-state index contributed by atoms with van der Waals surface area (Å²) in [5.74, 6) is 0.678. The first-order chi connectivity index (χ1) is 10.6. The minimum atomic E-state index is -3.24. The van der Waals surface area contributed by atoms with E-state index in [4.69, 9.17) is 4.42 Å². The van der Waals surface area contributed by atoms with Crippen LogP contribution in [-0.2, 0) is 16.6 Å². The van der Waals surface area contributed by atoms with Gasteiger partial charge in [-0.05, 0) is 42.7 Å². The van der Waals surface area contributed by atoms with E-state index in [1.807, 2.05) is 18.2 Å². The number of rotatable bonds is 5. The zero-order chi connectivity index (χ0) is 15.4. The van der Waals surface area contributed by atoms with Gasteiger partial charge in [0.2, 0.25) is 10.0 Å². The van der Waals surface area contributed by atoms with Crippen molar-refractivity contribution in [3.63, 3.8) is 0 Å². The van der Waals surface area contributed by atoms with Gasteiger partial charge in [-0.15, -0.1) is 0 Å². The number of aromatic nitrogens is 1. The van der Waals surface area contributed by atoms with Crippen LogP contribution >= 0.6 is 0 Å². The molecule has 0 aromatic carbocycles. The van der Waals surface area contributed by atoms with Crippen LogP contribution < -0.4 is 4.72 Å². The van der Waals surface area contributed by atoms with Crippen LogP contribution in [0.15, 0.2) is 41.1 Å². The molecule has 0 radical (unpaired) electrons. The Hall–Kier alpha value is -1.66. The molecule has 2 heterocycles. The molecule has 0 saturated heterocycles. The summed E-state index contributed by atoms with van der Waals surface area (Å²) in [6, 6.07) is 7.30. The van der Waals surface area contributed by atoms with Crippen molar-refractivity contribution in [1.29, 1.82) is 0 Å². The Morgan fingerprint density at radius 3 is 2.77 bits per heavy atom. The fourth-order valence-electron chi connectivity index (χ4n) is 2.82. The van der Waals surface area contributed by atoms with Crippen molar-refractivity contribution in [2.75, 3.05) is 0 Å². The number of nitrogens with zero attached hydrogens (tertiary/aromatic N) is 1. The van der Waals surface area contributed by atoms with Crippen molar-refractivity contribution >= 4 is 10.0 Å². The lowest BCUT2D eigenvalue weighted by Crippen LogP contribution is -2.35. The lowest BCUT2D eigenvalue weighted by molar-refractivity contribution is 0.477. The van der Waals surface area contributed by atoms with E-state index >= 15 is 0 Å². The Balaban J connectivity index is 1.67. The molecule has 2 aromatic rings. The van der Waals surface area contributed by atoms with Crippen molar-refractivity contribution in [2.24, 2.45) is 0 Å². The Bertz CT molecular complexity index is 705. The van der Waals surface area contributed by atoms with Crippen LogP contribution in [0.3, 0.4) is 0 Å². The van der Waals surface area contributed by atoms with Crippen LogP contribution in [0.5, 0.6) is 0 Å². The Morgan fingerprint density at radius 1 is 1.23 bits per heavy atom. The molecular formula is C16H20N2O3S. The molecule has 6 heteroatoms. The van der Waals surface area contributed by atoms with Crippen molar-refractivity contribution in [2.45, 2.75) is 43.9 Å². The predicted octanol–water partition coefficient (Wildman–Crippen LogP) is 3.09. The molecule has 0 aliphatic heterocycles. The minimum absolute atomic E-state index is 0.243. The summed E-state index contributed by atoms with van der Waals surface area (Å²) < 4.78 is 32.7. The molecular weight excluding hydrogens is 300 g/mol. The zero-order valence-electron chi connectivity index (χ0n) is 12.4. The van der Waals surface area contributed by atoms with Crippen LogP contribution in [0.25, 0.3) is 11.5 Å². The molecule has 0 bridgehead atoms. The van der Waals surface area contributed by atoms with Crippen molar-refractivity contribution in [3.05, 3.63) is 42.3 Å². The average molecular weight is 320 g/mol. The van der Waals surface area contributed by atoms with Gasteiger partial charge in [0.25, 0.3) is 0 Å². The van der Waals surface area contributed by atoms with Crippen molar-refractivity contribution in [3.8, 4) is 11.5 Å². The van der Waals surface area contributed by atoms with Crippen molar-refractivity contribution in [1.82, 2.24) is 9.71 Å². The molecule has 0 spiro atoms. The highest BCUT2D eigenvalue weighted by atomic mass is 32.2. The molecule has 5 nitrogen and oxygen atoms in total. The van der Waals surface area contributed by atoms with E-state index in [0.29, 0.717) is 11.5 Å². The van der Waals surface area contributed by atoms with Gasteiger partial charge in [-0.1, -0.05) is 19.3 Å². The summed E-state index contributed by atoms with van der Waals surface area (Å²) in [6.45, 7) is 0.287. The first-order valence-corrected chi connectivity index (χ1v) is 9.17. The third-order valence-corrected chi connectivity index (χ3v) is 5.96. The summed E-state index contributed by atoms with van der Waals surface area (Å²) >= 11 is 0. The highest BCUT2D eigenvalue weighted by Crippen LogP contribution is 2.23. The zero-order valence-corrected chi connectivity index (χ0v) is 13.2. The quantitative estimate of drug-likeness (QED) is 0.919. The van der Waals surface area contributed by atoms with Gasteiger partial charge in [0.1, 0.15) is 5.69 Å². The summed E-state index contributed by atoms with van der Waals surface area (Å²) in [5, 5.41) is -0.243. The van der Waals surface area contributed by atoms with Gasteiger partial charge in [0, 0.05) is 12.7 Å². The maximum atomic E-state index is 12.3. The lowest BCUT2D eigenvalue weighted by Gasteiger charge is -2.22. The summed E-state index contributed by atoms with van der Waals surface area (Å²) in [4.78, 5) is 4.25. The predicted molar refractivity (Wildman–Crippen MR) is 84.6 cm³/mol. The monoisotopic (exact) mass is 320 g/mol. The molecule has 0 unspecified atom stereocenters. The second-order valence-electron chi connectivity index (χ2n) is 5.65. The number of pyridine rings is 1. The van der Waals surface area contributed by atoms with E-state index in [-0.39, 0.29) is 11.8 Å². The molecule has 3 rings (SSSR count). The largest absolute Gasteiger partial charge is 0.463 e. The minimum Gasteiger partial charge on any atom is -0.463 e. The van der Waals surface area contributed by atoms with E-state index < -0.39 is 10.0 Å². The number of furan rings is 1. The molecule has 1 aliphatic carbocycles. The van der Waals surface area contributed by atoms with Gasteiger partial charge in [-0.25, -0.2) is 13.1 Å². The molecule has 1 N–H and O–H groups in total. The van der Waals surface area contributed by atoms with Crippen LogP contribution in [0, 0.1) is 0 Å². The molecule has 118 valence electrons. The number of hydrogen-bond donors (Lipinski definition) is 1. The van der Waals surface area contributed by atoms with Gasteiger partial charge in [0.15, 0.2) is 5.76 Å². The van der Waals surface area contributed by atoms with Gasteiger partial charge in [-0.2, -0.15) is 0 Å². The second kappa shape index (κ2) is 6.62. The Labute approximate surface area is 130 Å². The molecule has 1 aliphatic rings. The molecule has 1 saturated carbocycles. The van der Waals surface area contributed by atoms with E-state index in [1.54, 1.807) is 18.5 Å². The number of sulfonamides is 1. The normalized spacial score (nSPS) is 16.7. The van der Waals surface area contributed by atoms with E-state index in [1.165, 1.54) is 0 Å². The summed E-state index contributed by atoms with van der Waals surface area (Å²) in [5.41, 5.74) is 1.58. The first kappa shape index (κ1) is 15.2. The van der Waals surface area contributed by atoms with Crippen LogP contribution in [0.4, 0.5) is 0 Å². The maximum Gasteiger partial charge on any atom is 0.214 e. The number of hydrogen-bond acceptors (Lipinski definition) is 4. The fourth-order valence-corrected chi connectivity index (χ4v) is 4.38. The highest BCUT2D eigenvalue weighted by Gasteiger charge is 2.26. The number of nitrogens with one attached hydrogen (secondary N) is 1. The molecule has 22 heavy (non-hydrogen) atoms. The van der Waals surface area contributed by atoms with Gasteiger partial charge in [0.05, 0.1) is 11.5 Å². The SMILES string of the molecule is O=S(=O)(NCc1ccnc(-c2ccco2)c1)C1CCCCC1. The highest BCUT2D eigenvalue weighted by molar-refractivity contribution is 7.90. The molecule has 2 aromatic heterocycles.